The van der Waals surface area contributed by atoms with Crippen LogP contribution in [0.4, 0.5) is 5.69 Å². The number of nitrogens with zero attached hydrogens (tertiary/aromatic N) is 1. The highest BCUT2D eigenvalue weighted by molar-refractivity contribution is 9.09. The Bertz CT molecular complexity index is 556. The first kappa shape index (κ1) is 17.1. The molecule has 1 N–H and O–H groups in total. The fourth-order valence-electron chi connectivity index (χ4n) is 1.76. The van der Waals surface area contributed by atoms with E-state index in [1.807, 2.05) is 0 Å². The van der Waals surface area contributed by atoms with Crippen molar-refractivity contribution in [3.05, 3.63) is 24.3 Å². The molecule has 0 bridgehead atoms. The number of anilines is 1. The van der Waals surface area contributed by atoms with E-state index in [0.29, 0.717) is 30.5 Å². The first-order chi connectivity index (χ1) is 9.45. The Hall–Kier alpha value is -0.920. The molecule has 1 aromatic carbocycles. The van der Waals surface area contributed by atoms with E-state index in [-0.39, 0.29) is 10.8 Å². The van der Waals surface area contributed by atoms with Crippen molar-refractivity contribution in [1.82, 2.24) is 4.31 Å². The summed E-state index contributed by atoms with van der Waals surface area (Å²) in [4.78, 5) is 11.7. The molecule has 5 nitrogen and oxygen atoms in total. The molecule has 20 heavy (non-hydrogen) atoms. The molecule has 0 aliphatic carbocycles. The first-order valence-corrected chi connectivity index (χ1v) is 8.97. The smallest absolute Gasteiger partial charge is 0.243 e. The monoisotopic (exact) mass is 362 g/mol. The largest absolute Gasteiger partial charge is 0.326 e. The predicted molar refractivity (Wildman–Crippen MR) is 83.6 cm³/mol. The number of sulfonamides is 1. The third kappa shape index (κ3) is 4.29. The highest BCUT2D eigenvalue weighted by Crippen LogP contribution is 2.19. The van der Waals surface area contributed by atoms with Crippen LogP contribution in [0.5, 0.6) is 0 Å². The van der Waals surface area contributed by atoms with Crippen LogP contribution < -0.4 is 5.32 Å². The Morgan fingerprint density at radius 1 is 1.30 bits per heavy atom. The topological polar surface area (TPSA) is 66.5 Å². The van der Waals surface area contributed by atoms with Crippen LogP contribution in [0.2, 0.25) is 0 Å². The van der Waals surface area contributed by atoms with Crippen molar-refractivity contribution in [2.75, 3.05) is 23.7 Å². The van der Waals surface area contributed by atoms with Crippen molar-refractivity contribution >= 4 is 37.5 Å². The van der Waals surface area contributed by atoms with E-state index in [4.69, 9.17) is 0 Å². The minimum atomic E-state index is -3.50. The summed E-state index contributed by atoms with van der Waals surface area (Å²) >= 11 is 3.18. The van der Waals surface area contributed by atoms with Crippen LogP contribution >= 0.6 is 15.9 Å². The Labute approximate surface area is 128 Å². The molecule has 0 radical (unpaired) electrons. The molecule has 0 fully saturated rings. The molecular formula is C13H19BrN2O3S. The summed E-state index contributed by atoms with van der Waals surface area (Å²) in [5, 5.41) is 3.24. The molecule has 1 aromatic rings. The van der Waals surface area contributed by atoms with Gasteiger partial charge in [-0.2, -0.15) is 4.31 Å². The molecule has 0 unspecified atom stereocenters. The lowest BCUT2D eigenvalue weighted by atomic mass is 10.3. The van der Waals surface area contributed by atoms with Crippen molar-refractivity contribution in [1.29, 1.82) is 0 Å². The second-order valence-corrected chi connectivity index (χ2v) is 6.84. The fraction of sp³-hybridized carbons (Fsp3) is 0.462. The van der Waals surface area contributed by atoms with Crippen LogP contribution in [0.25, 0.3) is 0 Å². The molecule has 0 saturated carbocycles. The van der Waals surface area contributed by atoms with E-state index in [1.54, 1.807) is 26.0 Å². The molecule has 112 valence electrons. The Balaban J connectivity index is 3.01. The van der Waals surface area contributed by atoms with Gasteiger partial charge in [-0.1, -0.05) is 35.8 Å². The van der Waals surface area contributed by atoms with Crippen LogP contribution in [0.1, 0.15) is 20.3 Å². The molecule has 0 aliphatic rings. The lowest BCUT2D eigenvalue weighted by molar-refractivity contribution is -0.115. The van der Waals surface area contributed by atoms with E-state index >= 15 is 0 Å². The lowest BCUT2D eigenvalue weighted by Gasteiger charge is -2.18. The SMILES string of the molecule is CCN(CC)S(=O)(=O)c1cccc(NC(=O)CCBr)c1. The minimum absolute atomic E-state index is 0.153. The van der Waals surface area contributed by atoms with E-state index in [0.717, 1.165) is 0 Å². The van der Waals surface area contributed by atoms with Gasteiger partial charge >= 0.3 is 0 Å². The lowest BCUT2D eigenvalue weighted by Crippen LogP contribution is -2.30. The van der Waals surface area contributed by atoms with Gasteiger partial charge < -0.3 is 5.32 Å². The average molecular weight is 363 g/mol. The van der Waals surface area contributed by atoms with Gasteiger partial charge in [-0.15, -0.1) is 0 Å². The fourth-order valence-corrected chi connectivity index (χ4v) is 3.62. The van der Waals surface area contributed by atoms with Gasteiger partial charge in [-0.25, -0.2) is 8.42 Å². The van der Waals surface area contributed by atoms with Crippen molar-refractivity contribution in [3.8, 4) is 0 Å². The highest BCUT2D eigenvalue weighted by Gasteiger charge is 2.21. The second kappa shape index (κ2) is 7.75. The zero-order valence-corrected chi connectivity index (χ0v) is 14.0. The molecule has 0 atom stereocenters. The van der Waals surface area contributed by atoms with Crippen LogP contribution in [0, 0.1) is 0 Å². The molecule has 0 aromatic heterocycles. The predicted octanol–water partition coefficient (Wildman–Crippen LogP) is 2.44. The van der Waals surface area contributed by atoms with Crippen LogP contribution in [0.3, 0.4) is 0 Å². The number of hydrogen-bond donors (Lipinski definition) is 1. The van der Waals surface area contributed by atoms with E-state index in [2.05, 4.69) is 21.2 Å². The van der Waals surface area contributed by atoms with Crippen molar-refractivity contribution in [2.45, 2.75) is 25.2 Å². The zero-order valence-electron chi connectivity index (χ0n) is 11.6. The molecule has 0 saturated heterocycles. The molecule has 7 heteroatoms. The van der Waals surface area contributed by atoms with Gasteiger partial charge in [0.1, 0.15) is 0 Å². The van der Waals surface area contributed by atoms with E-state index in [9.17, 15) is 13.2 Å². The van der Waals surface area contributed by atoms with Crippen LogP contribution in [-0.2, 0) is 14.8 Å². The van der Waals surface area contributed by atoms with Gasteiger partial charge in [-0.05, 0) is 18.2 Å². The number of benzene rings is 1. The maximum Gasteiger partial charge on any atom is 0.243 e. The number of carbonyl (C=O) groups is 1. The van der Waals surface area contributed by atoms with E-state index in [1.165, 1.54) is 16.4 Å². The first-order valence-electron chi connectivity index (χ1n) is 6.41. The molecule has 1 amide bonds. The molecule has 0 heterocycles. The van der Waals surface area contributed by atoms with Crippen molar-refractivity contribution in [3.63, 3.8) is 0 Å². The third-order valence-electron chi connectivity index (χ3n) is 2.78. The molecular weight excluding hydrogens is 344 g/mol. The van der Waals surface area contributed by atoms with Crippen LogP contribution in [-0.4, -0.2) is 37.0 Å². The van der Waals surface area contributed by atoms with Crippen molar-refractivity contribution in [2.24, 2.45) is 0 Å². The summed E-state index contributed by atoms with van der Waals surface area (Å²) in [6, 6.07) is 6.32. The number of alkyl halides is 1. The number of amides is 1. The van der Waals surface area contributed by atoms with E-state index < -0.39 is 10.0 Å². The normalized spacial score (nSPS) is 11.6. The number of hydrogen-bond acceptors (Lipinski definition) is 3. The Morgan fingerprint density at radius 2 is 1.95 bits per heavy atom. The number of carbonyl (C=O) groups excluding carboxylic acids is 1. The third-order valence-corrected chi connectivity index (χ3v) is 5.22. The second-order valence-electron chi connectivity index (χ2n) is 4.10. The Kier molecular flexibility index (Phi) is 6.64. The quantitative estimate of drug-likeness (QED) is 0.757. The standard InChI is InChI=1S/C13H19BrN2O3S/c1-3-16(4-2)20(18,19)12-7-5-6-11(10-12)15-13(17)8-9-14/h5-7,10H,3-4,8-9H2,1-2H3,(H,15,17). The van der Waals surface area contributed by atoms with Gasteiger partial charge in [0.2, 0.25) is 15.9 Å². The summed E-state index contributed by atoms with van der Waals surface area (Å²) in [7, 11) is -3.50. The van der Waals surface area contributed by atoms with Gasteiger partial charge in [0.25, 0.3) is 0 Å². The summed E-state index contributed by atoms with van der Waals surface area (Å²) in [6.07, 6.45) is 0.340. The number of nitrogens with one attached hydrogen (secondary N) is 1. The number of rotatable bonds is 7. The molecule has 0 spiro atoms. The zero-order chi connectivity index (χ0) is 15.2. The van der Waals surface area contributed by atoms with Gasteiger partial charge in [0, 0.05) is 30.5 Å². The summed E-state index contributed by atoms with van der Waals surface area (Å²) in [5.74, 6) is -0.153. The van der Waals surface area contributed by atoms with Gasteiger partial charge in [0.05, 0.1) is 4.90 Å². The number of halogens is 1. The minimum Gasteiger partial charge on any atom is -0.326 e. The summed E-state index contributed by atoms with van der Waals surface area (Å²) in [5.41, 5.74) is 0.490. The van der Waals surface area contributed by atoms with Crippen molar-refractivity contribution < 1.29 is 13.2 Å². The van der Waals surface area contributed by atoms with Gasteiger partial charge in [0.15, 0.2) is 0 Å². The Morgan fingerprint density at radius 3 is 2.50 bits per heavy atom. The average Bonchev–Trinajstić information content (AvgIpc) is 2.40. The molecule has 1 rings (SSSR count). The van der Waals surface area contributed by atoms with Gasteiger partial charge in [-0.3, -0.25) is 4.79 Å². The molecule has 0 aliphatic heterocycles. The summed E-state index contributed by atoms with van der Waals surface area (Å²) < 4.78 is 26.1. The summed E-state index contributed by atoms with van der Waals surface area (Å²) in [6.45, 7) is 4.42. The van der Waals surface area contributed by atoms with Crippen LogP contribution in [0.15, 0.2) is 29.2 Å². The maximum absolute atomic E-state index is 12.4. The maximum atomic E-state index is 12.4. The highest BCUT2D eigenvalue weighted by atomic mass is 79.9.